The molecular formula is C26H25NO5. The Kier molecular flexibility index (Phi) is 7.75. The maximum absolute atomic E-state index is 12.5. The van der Waals surface area contributed by atoms with Gasteiger partial charge in [-0.25, -0.2) is 4.79 Å². The molecule has 0 bridgehead atoms. The Morgan fingerprint density at radius 2 is 1.38 bits per heavy atom. The number of aliphatic carboxylic acids is 1. The van der Waals surface area contributed by atoms with E-state index in [1.807, 2.05) is 54.6 Å². The van der Waals surface area contributed by atoms with Crippen LogP contribution in [0.4, 0.5) is 0 Å². The van der Waals surface area contributed by atoms with Gasteiger partial charge in [-0.3, -0.25) is 9.59 Å². The Hall–Kier alpha value is -3.93. The SMILES string of the molecule is CC(=O)Oc1ccc(CCc2ccc(C(=O)N[C@@H](Cc3ccccc3)C(=O)O)cc2)cc1. The first-order chi connectivity index (χ1) is 15.4. The van der Waals surface area contributed by atoms with Crippen molar-refractivity contribution in [2.45, 2.75) is 32.2 Å². The number of nitrogens with one attached hydrogen (secondary N) is 1. The summed E-state index contributed by atoms with van der Waals surface area (Å²) in [4.78, 5) is 35.1. The van der Waals surface area contributed by atoms with E-state index in [-0.39, 0.29) is 12.4 Å². The van der Waals surface area contributed by atoms with Crippen LogP contribution in [0.5, 0.6) is 5.75 Å². The molecule has 0 spiro atoms. The quantitative estimate of drug-likeness (QED) is 0.397. The molecule has 0 heterocycles. The minimum absolute atomic E-state index is 0.218. The number of esters is 1. The predicted molar refractivity (Wildman–Crippen MR) is 121 cm³/mol. The van der Waals surface area contributed by atoms with Gasteiger partial charge in [-0.05, 0) is 53.8 Å². The largest absolute Gasteiger partial charge is 0.480 e. The van der Waals surface area contributed by atoms with Gasteiger partial charge in [0.05, 0.1) is 0 Å². The van der Waals surface area contributed by atoms with Crippen molar-refractivity contribution in [1.29, 1.82) is 0 Å². The van der Waals surface area contributed by atoms with E-state index in [0.717, 1.165) is 29.5 Å². The number of carbonyl (C=O) groups excluding carboxylic acids is 2. The highest BCUT2D eigenvalue weighted by Crippen LogP contribution is 2.15. The van der Waals surface area contributed by atoms with E-state index in [2.05, 4.69) is 5.32 Å². The zero-order valence-electron chi connectivity index (χ0n) is 17.8. The van der Waals surface area contributed by atoms with Crippen molar-refractivity contribution in [2.75, 3.05) is 0 Å². The molecule has 32 heavy (non-hydrogen) atoms. The average molecular weight is 431 g/mol. The summed E-state index contributed by atoms with van der Waals surface area (Å²) >= 11 is 0. The highest BCUT2D eigenvalue weighted by molar-refractivity contribution is 5.96. The molecule has 6 heteroatoms. The van der Waals surface area contributed by atoms with Crippen LogP contribution in [0.15, 0.2) is 78.9 Å². The number of benzene rings is 3. The molecule has 6 nitrogen and oxygen atoms in total. The van der Waals surface area contributed by atoms with Crippen molar-refractivity contribution in [2.24, 2.45) is 0 Å². The second-order valence-electron chi connectivity index (χ2n) is 7.49. The number of carbonyl (C=O) groups is 3. The van der Waals surface area contributed by atoms with E-state index in [9.17, 15) is 19.5 Å². The number of hydrogen-bond acceptors (Lipinski definition) is 4. The predicted octanol–water partition coefficient (Wildman–Crippen LogP) is 3.82. The third-order valence-electron chi connectivity index (χ3n) is 4.99. The molecule has 3 rings (SSSR count). The van der Waals surface area contributed by atoms with Crippen LogP contribution in [-0.4, -0.2) is 29.0 Å². The second-order valence-corrected chi connectivity index (χ2v) is 7.49. The minimum Gasteiger partial charge on any atom is -0.480 e. The van der Waals surface area contributed by atoms with Crippen molar-refractivity contribution in [3.05, 3.63) is 101 Å². The first kappa shape index (κ1) is 22.7. The lowest BCUT2D eigenvalue weighted by molar-refractivity contribution is -0.139. The summed E-state index contributed by atoms with van der Waals surface area (Å²) in [7, 11) is 0. The highest BCUT2D eigenvalue weighted by atomic mass is 16.5. The summed E-state index contributed by atoms with van der Waals surface area (Å²) < 4.78 is 5.03. The number of carboxylic acid groups (broad SMARTS) is 1. The van der Waals surface area contributed by atoms with Crippen LogP contribution in [0.25, 0.3) is 0 Å². The Bertz CT molecular complexity index is 1060. The van der Waals surface area contributed by atoms with E-state index >= 15 is 0 Å². The van der Waals surface area contributed by atoms with Gasteiger partial charge in [-0.2, -0.15) is 0 Å². The summed E-state index contributed by atoms with van der Waals surface area (Å²) in [6.45, 7) is 1.36. The van der Waals surface area contributed by atoms with Gasteiger partial charge in [0.25, 0.3) is 5.91 Å². The number of ether oxygens (including phenoxy) is 1. The van der Waals surface area contributed by atoms with Crippen LogP contribution in [0.1, 0.15) is 34.0 Å². The molecule has 0 aliphatic rings. The van der Waals surface area contributed by atoms with E-state index in [1.165, 1.54) is 6.92 Å². The van der Waals surface area contributed by atoms with E-state index < -0.39 is 17.9 Å². The maximum atomic E-state index is 12.5. The van der Waals surface area contributed by atoms with Crippen LogP contribution in [0.2, 0.25) is 0 Å². The zero-order valence-corrected chi connectivity index (χ0v) is 17.8. The third-order valence-corrected chi connectivity index (χ3v) is 4.99. The fourth-order valence-corrected chi connectivity index (χ4v) is 3.29. The highest BCUT2D eigenvalue weighted by Gasteiger charge is 2.21. The number of rotatable bonds is 9. The first-order valence-electron chi connectivity index (χ1n) is 10.3. The summed E-state index contributed by atoms with van der Waals surface area (Å²) in [6.07, 6.45) is 1.79. The second kappa shape index (κ2) is 10.9. The molecule has 0 aromatic heterocycles. The maximum Gasteiger partial charge on any atom is 0.326 e. The lowest BCUT2D eigenvalue weighted by Gasteiger charge is -2.15. The van der Waals surface area contributed by atoms with Crippen LogP contribution in [0.3, 0.4) is 0 Å². The van der Waals surface area contributed by atoms with E-state index in [4.69, 9.17) is 4.74 Å². The molecule has 1 atom stereocenters. The van der Waals surface area contributed by atoms with Gasteiger partial charge in [0, 0.05) is 18.9 Å². The van der Waals surface area contributed by atoms with Gasteiger partial charge in [0.15, 0.2) is 0 Å². The number of hydrogen-bond donors (Lipinski definition) is 2. The molecular weight excluding hydrogens is 406 g/mol. The molecule has 1 amide bonds. The summed E-state index contributed by atoms with van der Waals surface area (Å²) in [6, 6.07) is 22.7. The van der Waals surface area contributed by atoms with Crippen molar-refractivity contribution >= 4 is 17.8 Å². The van der Waals surface area contributed by atoms with E-state index in [0.29, 0.717) is 11.3 Å². The van der Waals surface area contributed by atoms with Gasteiger partial charge in [-0.1, -0.05) is 54.6 Å². The molecule has 3 aromatic carbocycles. The molecule has 0 unspecified atom stereocenters. The molecule has 164 valence electrons. The summed E-state index contributed by atoms with van der Waals surface area (Å²) in [5, 5.41) is 12.1. The Labute approximate surface area is 186 Å². The average Bonchev–Trinajstić information content (AvgIpc) is 2.78. The first-order valence-corrected chi connectivity index (χ1v) is 10.3. The minimum atomic E-state index is -1.07. The van der Waals surface area contributed by atoms with Gasteiger partial charge in [0.1, 0.15) is 11.8 Å². The summed E-state index contributed by atoms with van der Waals surface area (Å²) in [5.74, 6) is -1.32. The lowest BCUT2D eigenvalue weighted by Crippen LogP contribution is -2.42. The Morgan fingerprint density at radius 1 is 0.812 bits per heavy atom. The third kappa shape index (κ3) is 6.80. The van der Waals surface area contributed by atoms with Gasteiger partial charge < -0.3 is 15.2 Å². The van der Waals surface area contributed by atoms with Crippen molar-refractivity contribution in [3.63, 3.8) is 0 Å². The van der Waals surface area contributed by atoms with Crippen LogP contribution in [-0.2, 0) is 28.9 Å². The van der Waals surface area contributed by atoms with Crippen molar-refractivity contribution in [1.82, 2.24) is 5.32 Å². The molecule has 0 fully saturated rings. The molecule has 0 aliphatic heterocycles. The van der Waals surface area contributed by atoms with E-state index in [1.54, 1.807) is 24.3 Å². The fourth-order valence-electron chi connectivity index (χ4n) is 3.29. The molecule has 0 saturated carbocycles. The van der Waals surface area contributed by atoms with Gasteiger partial charge >= 0.3 is 11.9 Å². The normalized spacial score (nSPS) is 11.4. The summed E-state index contributed by atoms with van der Waals surface area (Å²) in [5.41, 5.74) is 3.42. The zero-order chi connectivity index (χ0) is 22.9. The number of aryl methyl sites for hydroxylation is 2. The number of carboxylic acids is 1. The van der Waals surface area contributed by atoms with Crippen LogP contribution >= 0.6 is 0 Å². The van der Waals surface area contributed by atoms with Gasteiger partial charge in [0.2, 0.25) is 0 Å². The monoisotopic (exact) mass is 431 g/mol. The molecule has 3 aromatic rings. The molecule has 2 N–H and O–H groups in total. The van der Waals surface area contributed by atoms with Crippen LogP contribution in [0, 0.1) is 0 Å². The van der Waals surface area contributed by atoms with Crippen LogP contribution < -0.4 is 10.1 Å². The topological polar surface area (TPSA) is 92.7 Å². The molecule has 0 saturated heterocycles. The van der Waals surface area contributed by atoms with Crippen molar-refractivity contribution in [3.8, 4) is 5.75 Å². The molecule has 0 radical (unpaired) electrons. The number of amides is 1. The Morgan fingerprint density at radius 3 is 1.91 bits per heavy atom. The standard InChI is InChI=1S/C26H25NO5/c1-18(28)32-23-15-11-20(12-16-23)8-7-19-9-13-22(14-10-19)25(29)27-24(26(30)31)17-21-5-3-2-4-6-21/h2-6,9-16,24H,7-8,17H2,1H3,(H,27,29)(H,30,31)/t24-/m0/s1. The lowest BCUT2D eigenvalue weighted by atomic mass is 10.0. The molecule has 0 aliphatic carbocycles. The Balaban J connectivity index is 1.55. The van der Waals surface area contributed by atoms with Crippen molar-refractivity contribution < 1.29 is 24.2 Å². The van der Waals surface area contributed by atoms with Gasteiger partial charge in [-0.15, -0.1) is 0 Å². The smallest absolute Gasteiger partial charge is 0.326 e. The fraction of sp³-hybridized carbons (Fsp3) is 0.192.